The summed E-state index contributed by atoms with van der Waals surface area (Å²) in [6, 6.07) is 4.28. The fraction of sp³-hybridized carbons (Fsp3) is 0.500. The van der Waals surface area contributed by atoms with Gasteiger partial charge in [-0.2, -0.15) is 0 Å². The maximum absolute atomic E-state index is 13.6. The highest BCUT2D eigenvalue weighted by atomic mass is 35.5. The summed E-state index contributed by atoms with van der Waals surface area (Å²) >= 11 is 5.65. The van der Waals surface area contributed by atoms with Crippen molar-refractivity contribution >= 4 is 17.5 Å². The minimum absolute atomic E-state index is 0.0425. The highest BCUT2D eigenvalue weighted by Crippen LogP contribution is 2.19. The van der Waals surface area contributed by atoms with Gasteiger partial charge in [0.15, 0.2) is 11.6 Å². The maximum atomic E-state index is 13.6. The van der Waals surface area contributed by atoms with E-state index in [1.807, 2.05) is 13.8 Å². The van der Waals surface area contributed by atoms with Crippen LogP contribution in [0, 0.1) is 5.82 Å². The highest BCUT2D eigenvalue weighted by Gasteiger charge is 2.19. The molecule has 0 saturated carbocycles. The topological polar surface area (TPSA) is 29.5 Å². The summed E-state index contributed by atoms with van der Waals surface area (Å²) in [6.07, 6.45) is 0.712. The Labute approximate surface area is 118 Å². The number of carbonyl (C=O) groups is 1. The van der Waals surface area contributed by atoms with Crippen LogP contribution in [0.2, 0.25) is 0 Å². The van der Waals surface area contributed by atoms with Gasteiger partial charge in [0, 0.05) is 24.0 Å². The number of rotatable bonds is 6. The lowest BCUT2D eigenvalue weighted by Crippen LogP contribution is -2.37. The molecule has 1 rings (SSSR count). The number of amides is 1. The van der Waals surface area contributed by atoms with Gasteiger partial charge in [-0.1, -0.05) is 0 Å². The Hall–Kier alpha value is -1.29. The first kappa shape index (κ1) is 15.8. The summed E-state index contributed by atoms with van der Waals surface area (Å²) < 4.78 is 18.4. The van der Waals surface area contributed by atoms with E-state index in [4.69, 9.17) is 16.3 Å². The Kier molecular flexibility index (Phi) is 6.09. The SMILES string of the molecule is COc1ccc(C(=O)N(CCCCl)C(C)C)cc1F. The number of alkyl halides is 1. The second-order valence-corrected chi connectivity index (χ2v) is 4.86. The third kappa shape index (κ3) is 4.10. The molecule has 0 aliphatic rings. The average molecular weight is 288 g/mol. The molecule has 0 heterocycles. The highest BCUT2D eigenvalue weighted by molar-refractivity contribution is 6.17. The lowest BCUT2D eigenvalue weighted by atomic mass is 10.1. The minimum atomic E-state index is -0.533. The molecular formula is C14H19ClFNO2. The molecule has 0 unspecified atom stereocenters. The molecule has 19 heavy (non-hydrogen) atoms. The van der Waals surface area contributed by atoms with E-state index in [1.165, 1.54) is 19.2 Å². The quantitative estimate of drug-likeness (QED) is 0.751. The van der Waals surface area contributed by atoms with Crippen LogP contribution in [0.5, 0.6) is 5.75 Å². The Bertz CT molecular complexity index is 437. The lowest BCUT2D eigenvalue weighted by Gasteiger charge is -2.26. The first-order valence-electron chi connectivity index (χ1n) is 6.21. The monoisotopic (exact) mass is 287 g/mol. The molecule has 0 saturated heterocycles. The van der Waals surface area contributed by atoms with Gasteiger partial charge in [0.05, 0.1) is 7.11 Å². The van der Waals surface area contributed by atoms with Crippen LogP contribution < -0.4 is 4.74 Å². The predicted molar refractivity (Wildman–Crippen MR) is 74.5 cm³/mol. The van der Waals surface area contributed by atoms with Crippen molar-refractivity contribution in [3.05, 3.63) is 29.6 Å². The molecule has 0 spiro atoms. The zero-order valence-corrected chi connectivity index (χ0v) is 12.2. The van der Waals surface area contributed by atoms with Crippen LogP contribution >= 0.6 is 11.6 Å². The number of methoxy groups -OCH3 is 1. The zero-order chi connectivity index (χ0) is 14.4. The fourth-order valence-electron chi connectivity index (χ4n) is 1.79. The van der Waals surface area contributed by atoms with E-state index >= 15 is 0 Å². The van der Waals surface area contributed by atoms with Gasteiger partial charge in [-0.25, -0.2) is 4.39 Å². The molecule has 3 nitrogen and oxygen atoms in total. The molecule has 5 heteroatoms. The number of halogens is 2. The van der Waals surface area contributed by atoms with Crippen LogP contribution in [-0.2, 0) is 0 Å². The molecule has 0 aromatic heterocycles. The summed E-state index contributed by atoms with van der Waals surface area (Å²) in [5, 5.41) is 0. The normalized spacial score (nSPS) is 10.6. The molecule has 0 radical (unpaired) electrons. The van der Waals surface area contributed by atoms with Crippen LogP contribution in [0.4, 0.5) is 4.39 Å². The van der Waals surface area contributed by atoms with E-state index in [0.717, 1.165) is 0 Å². The van der Waals surface area contributed by atoms with E-state index in [1.54, 1.807) is 11.0 Å². The molecule has 1 aromatic rings. The minimum Gasteiger partial charge on any atom is -0.494 e. The summed E-state index contributed by atoms with van der Waals surface area (Å²) in [5.74, 6) is -0.0996. The average Bonchev–Trinajstić information content (AvgIpc) is 2.38. The van der Waals surface area contributed by atoms with Gasteiger partial charge < -0.3 is 9.64 Å². The summed E-state index contributed by atoms with van der Waals surface area (Å²) in [5.41, 5.74) is 0.321. The Balaban J connectivity index is 2.93. The van der Waals surface area contributed by atoms with Gasteiger partial charge in [-0.05, 0) is 38.5 Å². The Morgan fingerprint density at radius 1 is 1.47 bits per heavy atom. The predicted octanol–water partition coefficient (Wildman–Crippen LogP) is 3.31. The van der Waals surface area contributed by atoms with Crippen molar-refractivity contribution in [3.8, 4) is 5.75 Å². The van der Waals surface area contributed by atoms with E-state index in [-0.39, 0.29) is 17.7 Å². The number of hydrogen-bond donors (Lipinski definition) is 0. The number of benzene rings is 1. The van der Waals surface area contributed by atoms with Crippen molar-refractivity contribution in [3.63, 3.8) is 0 Å². The molecule has 0 aliphatic heterocycles. The van der Waals surface area contributed by atoms with E-state index in [2.05, 4.69) is 0 Å². The van der Waals surface area contributed by atoms with Crippen LogP contribution in [0.1, 0.15) is 30.6 Å². The first-order chi connectivity index (χ1) is 9.01. The molecule has 0 fully saturated rings. The van der Waals surface area contributed by atoms with Crippen molar-refractivity contribution in [2.75, 3.05) is 19.5 Å². The van der Waals surface area contributed by atoms with Gasteiger partial charge in [-0.15, -0.1) is 11.6 Å². The summed E-state index contributed by atoms with van der Waals surface area (Å²) in [4.78, 5) is 14.0. The van der Waals surface area contributed by atoms with Crippen molar-refractivity contribution in [2.45, 2.75) is 26.3 Å². The molecule has 106 valence electrons. The van der Waals surface area contributed by atoms with Crippen LogP contribution in [0.3, 0.4) is 0 Å². The van der Waals surface area contributed by atoms with Gasteiger partial charge in [0.25, 0.3) is 5.91 Å². The van der Waals surface area contributed by atoms with Gasteiger partial charge in [-0.3, -0.25) is 4.79 Å². The summed E-state index contributed by atoms with van der Waals surface area (Å²) in [7, 11) is 1.39. The first-order valence-corrected chi connectivity index (χ1v) is 6.75. The molecule has 0 bridgehead atoms. The number of ether oxygens (including phenoxy) is 1. The van der Waals surface area contributed by atoms with Crippen LogP contribution in [0.15, 0.2) is 18.2 Å². The van der Waals surface area contributed by atoms with Crippen molar-refractivity contribution in [1.82, 2.24) is 4.90 Å². The zero-order valence-electron chi connectivity index (χ0n) is 11.5. The van der Waals surface area contributed by atoms with Gasteiger partial charge in [0.1, 0.15) is 0 Å². The smallest absolute Gasteiger partial charge is 0.254 e. The second-order valence-electron chi connectivity index (χ2n) is 4.48. The molecule has 1 amide bonds. The fourth-order valence-corrected chi connectivity index (χ4v) is 1.91. The molecule has 0 atom stereocenters. The molecule has 0 N–H and O–H groups in total. The second kappa shape index (κ2) is 7.34. The van der Waals surface area contributed by atoms with Crippen LogP contribution in [0.25, 0.3) is 0 Å². The standard InChI is InChI=1S/C14H19ClFNO2/c1-10(2)17(8-4-7-15)14(18)11-5-6-13(19-3)12(16)9-11/h5-6,9-10H,4,7-8H2,1-3H3. The number of carbonyl (C=O) groups excluding carboxylic acids is 1. The van der Waals surface area contributed by atoms with Crippen molar-refractivity contribution < 1.29 is 13.9 Å². The number of hydrogen-bond acceptors (Lipinski definition) is 2. The van der Waals surface area contributed by atoms with Crippen LogP contribution in [-0.4, -0.2) is 36.4 Å². The van der Waals surface area contributed by atoms with Crippen molar-refractivity contribution in [2.24, 2.45) is 0 Å². The molecule has 0 aliphatic carbocycles. The van der Waals surface area contributed by atoms with E-state index < -0.39 is 5.82 Å². The Morgan fingerprint density at radius 2 is 2.16 bits per heavy atom. The van der Waals surface area contributed by atoms with Crippen molar-refractivity contribution in [1.29, 1.82) is 0 Å². The number of nitrogens with zero attached hydrogens (tertiary/aromatic N) is 1. The lowest BCUT2D eigenvalue weighted by molar-refractivity contribution is 0.0706. The third-order valence-electron chi connectivity index (χ3n) is 2.82. The van der Waals surface area contributed by atoms with E-state index in [0.29, 0.717) is 24.4 Å². The Morgan fingerprint density at radius 3 is 2.63 bits per heavy atom. The molecular weight excluding hydrogens is 269 g/mol. The summed E-state index contributed by atoms with van der Waals surface area (Å²) in [6.45, 7) is 4.41. The largest absolute Gasteiger partial charge is 0.494 e. The van der Waals surface area contributed by atoms with Gasteiger partial charge >= 0.3 is 0 Å². The third-order valence-corrected chi connectivity index (χ3v) is 3.08. The molecule has 1 aromatic carbocycles. The van der Waals surface area contributed by atoms with Gasteiger partial charge in [0.2, 0.25) is 0 Å². The maximum Gasteiger partial charge on any atom is 0.254 e. The van der Waals surface area contributed by atoms with E-state index in [9.17, 15) is 9.18 Å².